The number of benzene rings is 1. The number of carboxylic acids is 1. The molecule has 1 unspecified atom stereocenters. The minimum atomic E-state index is -4.39. The van der Waals surface area contributed by atoms with Crippen LogP contribution in [0.4, 0.5) is 13.6 Å². The number of carbonyl (C=O) groups is 2. The summed E-state index contributed by atoms with van der Waals surface area (Å²) >= 11 is -2.09. The number of carboxylic acid groups (broad SMARTS) is 1. The largest absolute Gasteiger partial charge is 1.00 e. The molecule has 1 saturated heterocycles. The van der Waals surface area contributed by atoms with Gasteiger partial charge in [0.2, 0.25) is 0 Å². The van der Waals surface area contributed by atoms with Gasteiger partial charge in [-0.25, -0.2) is 0 Å². The zero-order valence-corrected chi connectivity index (χ0v) is 20.5. The summed E-state index contributed by atoms with van der Waals surface area (Å²) in [5, 5.41) is 10.8. The second kappa shape index (κ2) is 9.59. The van der Waals surface area contributed by atoms with Gasteiger partial charge in [-0.15, -0.1) is 0 Å². The van der Waals surface area contributed by atoms with Crippen LogP contribution in [0.1, 0.15) is 13.8 Å². The number of aliphatic carboxylic acids is 1. The maximum Gasteiger partial charge on any atom is 1.00 e. The van der Waals surface area contributed by atoms with Crippen LogP contribution in [0.25, 0.3) is 0 Å². The fourth-order valence-electron chi connectivity index (χ4n) is 2.11. The molecule has 1 aliphatic rings. The van der Waals surface area contributed by atoms with E-state index in [0.29, 0.717) is 0 Å². The summed E-state index contributed by atoms with van der Waals surface area (Å²) < 4.78 is 43.1. The van der Waals surface area contributed by atoms with E-state index in [1.165, 1.54) is 13.8 Å². The van der Waals surface area contributed by atoms with Gasteiger partial charge in [-0.1, -0.05) is 0 Å². The number of rotatable bonds is 6. The Morgan fingerprint density at radius 1 is 1.36 bits per heavy atom. The molecule has 2 rings (SSSR count). The van der Waals surface area contributed by atoms with Crippen molar-refractivity contribution in [3.63, 3.8) is 0 Å². The second-order valence-electron chi connectivity index (χ2n) is 5.53. The monoisotopic (exact) mass is 577 g/mol. The Labute approximate surface area is 197 Å². The Bertz CT molecular complexity index is 613. The van der Waals surface area contributed by atoms with Crippen molar-refractivity contribution >= 4 is 36.2 Å². The van der Waals surface area contributed by atoms with Gasteiger partial charge in [0.15, 0.2) is 0 Å². The fraction of sp³-hybridized carbons (Fsp3) is 0.467. The van der Waals surface area contributed by atoms with Crippen molar-refractivity contribution in [2.45, 2.75) is 37.8 Å². The Morgan fingerprint density at radius 2 is 1.96 bits per heavy atom. The first-order chi connectivity index (χ1) is 11.1. The summed E-state index contributed by atoms with van der Waals surface area (Å²) in [7, 11) is 0. The molecule has 2 atom stereocenters. The zero-order valence-electron chi connectivity index (χ0n) is 13.9. The summed E-state index contributed by atoms with van der Waals surface area (Å²) in [6.45, 7) is 2.67. The number of hydrogen-bond acceptors (Lipinski definition) is 6. The molecule has 0 bridgehead atoms. The Morgan fingerprint density at radius 3 is 2.44 bits per heavy atom. The standard InChI is InChI=1S/C9H11F2O6.C6H5.Bi.K/c1-8(2)16-3-5(17-8)6(15-4-12)9(10,11)7(13)14;1-2-4-6-5-3-1;;/h5-6H,3H2,1-2H3,(H,13,14);1-5H;;/q;;;+1/p-1/t5-,6?;;;/m1.../s1. The van der Waals surface area contributed by atoms with Crippen molar-refractivity contribution in [1.82, 2.24) is 0 Å². The van der Waals surface area contributed by atoms with Gasteiger partial charge in [0.05, 0.1) is 0 Å². The van der Waals surface area contributed by atoms with Crippen molar-refractivity contribution in [1.29, 1.82) is 0 Å². The average Bonchev–Trinajstić information content (AvgIpc) is 2.85. The van der Waals surface area contributed by atoms with Crippen LogP contribution in [0.3, 0.4) is 0 Å². The molecular weight excluding hydrogens is 562 g/mol. The molecule has 10 heteroatoms. The number of alkyl halides is 2. The molecule has 0 N–H and O–H groups in total. The van der Waals surface area contributed by atoms with E-state index in [-0.39, 0.29) is 58.0 Å². The molecule has 0 spiro atoms. The van der Waals surface area contributed by atoms with Crippen LogP contribution in [0.15, 0.2) is 30.3 Å². The van der Waals surface area contributed by atoms with E-state index in [2.05, 4.69) is 0 Å². The Kier molecular flexibility index (Phi) is 9.02. The Balaban J connectivity index is 0.00000312. The number of ether oxygens (including phenoxy) is 3. The van der Waals surface area contributed by atoms with E-state index in [9.17, 15) is 23.5 Å². The smallest absolute Gasteiger partial charge is 1.00 e. The van der Waals surface area contributed by atoms with Gasteiger partial charge in [-0.3, -0.25) is 0 Å². The van der Waals surface area contributed by atoms with Crippen LogP contribution >= 0.6 is 0 Å². The molecule has 131 valence electrons. The maximum absolute atomic E-state index is 14.0. The molecular formula is C15H15BiF2KO6. The number of halogens is 2. The predicted molar refractivity (Wildman–Crippen MR) is 77.0 cm³/mol. The van der Waals surface area contributed by atoms with Crippen LogP contribution in [0.5, 0.6) is 0 Å². The summed E-state index contributed by atoms with van der Waals surface area (Å²) in [5.74, 6) is -8.18. The summed E-state index contributed by atoms with van der Waals surface area (Å²) in [4.78, 5) is 22.8. The molecule has 1 fully saturated rings. The zero-order chi connectivity index (χ0) is 18.0. The average molecular weight is 577 g/mol. The third-order valence-corrected chi connectivity index (χ3v) is 6.48. The predicted octanol–water partition coefficient (Wildman–Crippen LogP) is -2.94. The van der Waals surface area contributed by atoms with Crippen LogP contribution in [0, 0.1) is 0 Å². The van der Waals surface area contributed by atoms with Gasteiger partial charge >= 0.3 is 200 Å². The molecule has 0 amide bonds. The van der Waals surface area contributed by atoms with E-state index < -0.39 is 56.8 Å². The summed E-state index contributed by atoms with van der Waals surface area (Å²) in [5.41, 5.74) is 0. The molecule has 1 radical (unpaired) electrons. The quantitative estimate of drug-likeness (QED) is 0.337. The normalized spacial score (nSPS) is 20.4. The van der Waals surface area contributed by atoms with Crippen molar-refractivity contribution < 1.29 is 89.1 Å². The van der Waals surface area contributed by atoms with Crippen LogP contribution in [-0.4, -0.2) is 63.4 Å². The maximum atomic E-state index is 14.0. The molecule has 1 aliphatic heterocycles. The van der Waals surface area contributed by atoms with Gasteiger partial charge in [0.25, 0.3) is 0 Å². The van der Waals surface area contributed by atoms with Crippen molar-refractivity contribution in [2.24, 2.45) is 0 Å². The van der Waals surface area contributed by atoms with E-state index in [1.807, 2.05) is 0 Å². The van der Waals surface area contributed by atoms with Crippen molar-refractivity contribution in [2.75, 3.05) is 6.61 Å². The van der Waals surface area contributed by atoms with Crippen molar-refractivity contribution in [3.8, 4) is 0 Å². The number of carbonyl (C=O) groups excluding carboxylic acids is 2. The summed E-state index contributed by atoms with van der Waals surface area (Å²) in [6.07, 6.45) is -3.70. The summed E-state index contributed by atoms with van der Waals surface area (Å²) in [6, 6.07) is 8.59. The van der Waals surface area contributed by atoms with Gasteiger partial charge in [0.1, 0.15) is 0 Å². The molecule has 0 aliphatic carbocycles. The van der Waals surface area contributed by atoms with Gasteiger partial charge < -0.3 is 0 Å². The van der Waals surface area contributed by atoms with E-state index >= 15 is 0 Å². The first-order valence-corrected chi connectivity index (χ1v) is 10.5. The van der Waals surface area contributed by atoms with Crippen LogP contribution < -0.4 is 59.8 Å². The van der Waals surface area contributed by atoms with Crippen molar-refractivity contribution in [3.05, 3.63) is 30.3 Å². The molecule has 0 aromatic heterocycles. The molecule has 1 heterocycles. The van der Waals surface area contributed by atoms with Crippen LogP contribution in [0.2, 0.25) is 0 Å². The minimum Gasteiger partial charge on any atom is 1.00 e. The molecule has 1 aromatic carbocycles. The fourth-order valence-corrected chi connectivity index (χ4v) is 4.82. The SMILES string of the molecule is CC1(C)OC[C@H](C(O[C](=O)[Bi][c]2ccccc2)C(F)(F)C(=O)[O-])O1.[K+]. The topological polar surface area (TPSA) is 84.9 Å². The molecule has 6 nitrogen and oxygen atoms in total. The number of hydrogen-bond donors (Lipinski definition) is 0. The molecule has 0 saturated carbocycles. The van der Waals surface area contributed by atoms with Gasteiger partial charge in [-0.05, 0) is 0 Å². The molecule has 25 heavy (non-hydrogen) atoms. The second-order valence-corrected chi connectivity index (χ2v) is 9.83. The minimum absolute atomic E-state index is 0. The first kappa shape index (κ1) is 23.5. The molecule has 1 aromatic rings. The van der Waals surface area contributed by atoms with E-state index in [1.54, 1.807) is 30.3 Å². The third kappa shape index (κ3) is 6.53. The first-order valence-electron chi connectivity index (χ1n) is 7.00. The van der Waals surface area contributed by atoms with E-state index in [4.69, 9.17) is 14.2 Å². The van der Waals surface area contributed by atoms with E-state index in [0.717, 1.165) is 3.27 Å². The van der Waals surface area contributed by atoms with Gasteiger partial charge in [0, 0.05) is 0 Å². The third-order valence-electron chi connectivity index (χ3n) is 3.20. The van der Waals surface area contributed by atoms with Crippen LogP contribution in [-0.2, 0) is 19.0 Å². The Hall–Kier alpha value is 0.459. The van der Waals surface area contributed by atoms with Gasteiger partial charge in [-0.2, -0.15) is 0 Å².